The van der Waals surface area contributed by atoms with Crippen LogP contribution in [0, 0.1) is 11.8 Å². The maximum Gasteiger partial charge on any atom is 0.0720 e. The van der Waals surface area contributed by atoms with Crippen molar-refractivity contribution in [1.29, 1.82) is 0 Å². The fraction of sp³-hybridized carbons (Fsp3) is 0.647. The fourth-order valence-electron chi connectivity index (χ4n) is 3.26. The molecule has 2 heteroatoms. The molecule has 1 saturated carbocycles. The molecule has 1 aliphatic carbocycles. The third-order valence-corrected chi connectivity index (χ3v) is 3.99. The summed E-state index contributed by atoms with van der Waals surface area (Å²) < 4.78 is 6.12. The van der Waals surface area contributed by atoms with Crippen molar-refractivity contribution in [3.63, 3.8) is 0 Å². The number of hydrogen-bond acceptors (Lipinski definition) is 2. The Kier molecular flexibility index (Phi) is 5.41. The van der Waals surface area contributed by atoms with Gasteiger partial charge in [0.05, 0.1) is 12.7 Å². The molecule has 0 heterocycles. The lowest BCUT2D eigenvalue weighted by molar-refractivity contribution is -0.00917. The number of ether oxygens (including phenoxy) is 1. The lowest BCUT2D eigenvalue weighted by Gasteiger charge is -2.31. The van der Waals surface area contributed by atoms with E-state index in [9.17, 15) is 0 Å². The zero-order valence-corrected chi connectivity index (χ0v) is 12.5. The maximum absolute atomic E-state index is 6.12. The minimum absolute atomic E-state index is 0.451. The van der Waals surface area contributed by atoms with Crippen molar-refractivity contribution >= 4 is 0 Å². The average Bonchev–Trinajstić information content (AvgIpc) is 2.36. The molecule has 1 fully saturated rings. The van der Waals surface area contributed by atoms with E-state index in [1.807, 2.05) is 7.05 Å². The summed E-state index contributed by atoms with van der Waals surface area (Å²) in [7, 11) is 1.98. The lowest BCUT2D eigenvalue weighted by atomic mass is 9.82. The van der Waals surface area contributed by atoms with Crippen LogP contribution in [0.15, 0.2) is 24.3 Å². The molecule has 106 valence electrons. The van der Waals surface area contributed by atoms with Crippen LogP contribution >= 0.6 is 0 Å². The Balaban J connectivity index is 1.86. The molecule has 2 rings (SSSR count). The van der Waals surface area contributed by atoms with Crippen LogP contribution in [0.5, 0.6) is 0 Å². The maximum atomic E-state index is 6.12. The van der Waals surface area contributed by atoms with Gasteiger partial charge in [0.15, 0.2) is 0 Å². The van der Waals surface area contributed by atoms with Gasteiger partial charge in [-0.25, -0.2) is 0 Å². The predicted molar refractivity (Wildman–Crippen MR) is 80.0 cm³/mol. The third kappa shape index (κ3) is 4.63. The van der Waals surface area contributed by atoms with Crippen LogP contribution in [-0.2, 0) is 17.9 Å². The van der Waals surface area contributed by atoms with Crippen LogP contribution in [0.4, 0.5) is 0 Å². The molecule has 0 aromatic heterocycles. The zero-order valence-electron chi connectivity index (χ0n) is 12.5. The van der Waals surface area contributed by atoms with Crippen molar-refractivity contribution in [1.82, 2.24) is 5.32 Å². The minimum atomic E-state index is 0.451. The summed E-state index contributed by atoms with van der Waals surface area (Å²) >= 11 is 0. The van der Waals surface area contributed by atoms with Gasteiger partial charge < -0.3 is 10.1 Å². The van der Waals surface area contributed by atoms with Crippen LogP contribution in [0.3, 0.4) is 0 Å². The molecule has 2 nitrogen and oxygen atoms in total. The summed E-state index contributed by atoms with van der Waals surface area (Å²) in [5.74, 6) is 1.62. The van der Waals surface area contributed by atoms with E-state index in [1.54, 1.807) is 0 Å². The van der Waals surface area contributed by atoms with Crippen molar-refractivity contribution in [3.8, 4) is 0 Å². The highest BCUT2D eigenvalue weighted by Gasteiger charge is 2.24. The summed E-state index contributed by atoms with van der Waals surface area (Å²) in [4.78, 5) is 0. The Morgan fingerprint density at radius 2 is 1.79 bits per heavy atom. The van der Waals surface area contributed by atoms with E-state index >= 15 is 0 Å². The van der Waals surface area contributed by atoms with Crippen LogP contribution in [0.1, 0.15) is 44.2 Å². The van der Waals surface area contributed by atoms with Gasteiger partial charge in [-0.2, -0.15) is 0 Å². The molecule has 2 atom stereocenters. The largest absolute Gasteiger partial charge is 0.374 e. The van der Waals surface area contributed by atoms with Gasteiger partial charge in [-0.3, -0.25) is 0 Å². The highest BCUT2D eigenvalue weighted by atomic mass is 16.5. The second-order valence-electron chi connectivity index (χ2n) is 6.20. The standard InChI is InChI=1S/C17H27NO/c1-13-7-14(2)9-17(8-13)19-12-16-6-4-5-15(10-16)11-18-3/h4-6,10,13-14,17-18H,7-9,11-12H2,1-3H3. The SMILES string of the molecule is CNCc1cccc(COC2CC(C)CC(C)C2)c1. The first-order valence-corrected chi connectivity index (χ1v) is 7.51. The van der Waals surface area contributed by atoms with Crippen molar-refractivity contribution in [2.24, 2.45) is 11.8 Å². The number of benzene rings is 1. The summed E-state index contributed by atoms with van der Waals surface area (Å²) in [5, 5.41) is 3.19. The van der Waals surface area contributed by atoms with E-state index in [-0.39, 0.29) is 0 Å². The van der Waals surface area contributed by atoms with E-state index in [0.717, 1.165) is 25.0 Å². The molecule has 0 bridgehead atoms. The monoisotopic (exact) mass is 261 g/mol. The lowest BCUT2D eigenvalue weighted by Crippen LogP contribution is -2.26. The summed E-state index contributed by atoms with van der Waals surface area (Å²) in [6, 6.07) is 8.68. The third-order valence-electron chi connectivity index (χ3n) is 3.99. The number of nitrogens with one attached hydrogen (secondary N) is 1. The number of hydrogen-bond donors (Lipinski definition) is 1. The first kappa shape index (κ1) is 14.5. The van der Waals surface area contributed by atoms with Gasteiger partial charge in [-0.05, 0) is 49.3 Å². The summed E-state index contributed by atoms with van der Waals surface area (Å²) in [6.45, 7) is 6.37. The highest BCUT2D eigenvalue weighted by molar-refractivity contribution is 5.22. The molecule has 1 aromatic rings. The zero-order chi connectivity index (χ0) is 13.7. The molecule has 19 heavy (non-hydrogen) atoms. The van der Waals surface area contributed by atoms with E-state index in [1.165, 1.54) is 30.4 Å². The van der Waals surface area contributed by atoms with Gasteiger partial charge in [-0.15, -0.1) is 0 Å². The molecular formula is C17H27NO. The van der Waals surface area contributed by atoms with Crippen molar-refractivity contribution in [3.05, 3.63) is 35.4 Å². The summed E-state index contributed by atoms with van der Waals surface area (Å²) in [6.07, 6.45) is 4.25. The second-order valence-corrected chi connectivity index (χ2v) is 6.20. The molecule has 1 aromatic carbocycles. The van der Waals surface area contributed by atoms with Crippen LogP contribution in [0.2, 0.25) is 0 Å². The molecule has 0 spiro atoms. The Bertz CT molecular complexity index is 381. The molecule has 2 unspecified atom stereocenters. The summed E-state index contributed by atoms with van der Waals surface area (Å²) in [5.41, 5.74) is 2.62. The normalized spacial score (nSPS) is 27.4. The van der Waals surface area contributed by atoms with Crippen molar-refractivity contribution < 1.29 is 4.74 Å². The van der Waals surface area contributed by atoms with Gasteiger partial charge in [0.2, 0.25) is 0 Å². The Morgan fingerprint density at radius 3 is 2.47 bits per heavy atom. The molecule has 0 aliphatic heterocycles. The topological polar surface area (TPSA) is 21.3 Å². The minimum Gasteiger partial charge on any atom is -0.374 e. The van der Waals surface area contributed by atoms with Crippen LogP contribution in [-0.4, -0.2) is 13.2 Å². The molecule has 1 N–H and O–H groups in total. The predicted octanol–water partition coefficient (Wildman–Crippen LogP) is 3.75. The first-order valence-electron chi connectivity index (χ1n) is 7.51. The smallest absolute Gasteiger partial charge is 0.0720 e. The Morgan fingerprint density at radius 1 is 1.11 bits per heavy atom. The van der Waals surface area contributed by atoms with E-state index in [0.29, 0.717) is 6.10 Å². The van der Waals surface area contributed by atoms with Crippen molar-refractivity contribution in [2.75, 3.05) is 7.05 Å². The molecule has 0 radical (unpaired) electrons. The number of rotatable bonds is 5. The quantitative estimate of drug-likeness (QED) is 0.871. The van der Waals surface area contributed by atoms with Crippen LogP contribution < -0.4 is 5.32 Å². The fourth-order valence-corrected chi connectivity index (χ4v) is 3.26. The van der Waals surface area contributed by atoms with Gasteiger partial charge in [0, 0.05) is 6.54 Å². The van der Waals surface area contributed by atoms with Crippen molar-refractivity contribution in [2.45, 2.75) is 52.4 Å². The molecule has 0 saturated heterocycles. The highest BCUT2D eigenvalue weighted by Crippen LogP contribution is 2.30. The van der Waals surface area contributed by atoms with Gasteiger partial charge in [0.1, 0.15) is 0 Å². The molecule has 0 amide bonds. The second kappa shape index (κ2) is 7.06. The molecular weight excluding hydrogens is 234 g/mol. The van der Waals surface area contributed by atoms with Crippen LogP contribution in [0.25, 0.3) is 0 Å². The molecule has 1 aliphatic rings. The van der Waals surface area contributed by atoms with Gasteiger partial charge >= 0.3 is 0 Å². The van der Waals surface area contributed by atoms with E-state index < -0.39 is 0 Å². The van der Waals surface area contributed by atoms with Gasteiger partial charge in [-0.1, -0.05) is 38.1 Å². The average molecular weight is 261 g/mol. The Labute approximate surface area is 117 Å². The Hall–Kier alpha value is -0.860. The van der Waals surface area contributed by atoms with Gasteiger partial charge in [0.25, 0.3) is 0 Å². The first-order chi connectivity index (χ1) is 9.17. The van der Waals surface area contributed by atoms with E-state index in [2.05, 4.69) is 43.4 Å². The van der Waals surface area contributed by atoms with E-state index in [4.69, 9.17) is 4.74 Å².